The van der Waals surface area contributed by atoms with Crippen LogP contribution in [0.5, 0.6) is 0 Å². The van der Waals surface area contributed by atoms with Gasteiger partial charge >= 0.3 is 0 Å². The molecule has 0 aliphatic heterocycles. The monoisotopic (exact) mass is 320 g/mol. The molecule has 0 heterocycles. The highest BCUT2D eigenvalue weighted by molar-refractivity contribution is 5.76. The summed E-state index contributed by atoms with van der Waals surface area (Å²) in [5.74, 6) is 2.50. The number of rotatable bonds is 12. The highest BCUT2D eigenvalue weighted by Gasteiger charge is 2.38. The lowest BCUT2D eigenvalue weighted by molar-refractivity contribution is -0.121. The lowest BCUT2D eigenvalue weighted by Gasteiger charge is -2.16. The summed E-state index contributed by atoms with van der Waals surface area (Å²) in [5, 5.41) is 4.20. The van der Waals surface area contributed by atoms with Gasteiger partial charge in [-0.15, -0.1) is 0 Å². The molecule has 0 aromatic heterocycles. The molecule has 23 heavy (non-hydrogen) atoms. The third-order valence-electron chi connectivity index (χ3n) is 5.76. The van der Waals surface area contributed by atoms with E-state index in [-0.39, 0.29) is 5.91 Å². The van der Waals surface area contributed by atoms with Gasteiger partial charge in [0.05, 0.1) is 0 Å². The second kappa shape index (κ2) is 10.8. The molecular weight excluding hydrogens is 284 g/mol. The number of nitrogens with one attached hydrogen (secondary N) is 1. The molecule has 2 saturated carbocycles. The van der Waals surface area contributed by atoms with Gasteiger partial charge in [-0.1, -0.05) is 64.7 Å². The maximum atomic E-state index is 11.8. The number of fused-ring (bicyclic) bond motifs is 2. The minimum atomic E-state index is 0.0901. The summed E-state index contributed by atoms with van der Waals surface area (Å²) in [6.07, 6.45) is 19.7. The number of hydrogen-bond acceptors (Lipinski definition) is 2. The average Bonchev–Trinajstić information content (AvgIpc) is 3.16. The summed E-state index contributed by atoms with van der Waals surface area (Å²) >= 11 is 0. The van der Waals surface area contributed by atoms with E-state index in [2.05, 4.69) is 17.5 Å². The molecule has 0 saturated heterocycles. The minimum absolute atomic E-state index is 0.0901. The standard InChI is InChI=1S/C20H36N2O/c1-2-3-4-5-6-7-8-9-10-11-20(23)22-21-16-19-15-17-12-13-18(19)14-17/h16-19H,2-15H2,1H3,(H,22,23)/b21-16+. The number of amides is 1. The maximum absolute atomic E-state index is 11.8. The Bertz CT molecular complexity index is 367. The topological polar surface area (TPSA) is 41.5 Å². The van der Waals surface area contributed by atoms with Crippen molar-refractivity contribution in [2.75, 3.05) is 0 Å². The molecule has 3 nitrogen and oxygen atoms in total. The van der Waals surface area contributed by atoms with E-state index in [9.17, 15) is 4.79 Å². The van der Waals surface area contributed by atoms with Gasteiger partial charge in [0.1, 0.15) is 0 Å². The van der Waals surface area contributed by atoms with E-state index in [1.54, 1.807) is 0 Å². The Morgan fingerprint density at radius 2 is 1.70 bits per heavy atom. The molecule has 1 N–H and O–H groups in total. The van der Waals surface area contributed by atoms with E-state index < -0.39 is 0 Å². The highest BCUT2D eigenvalue weighted by Crippen LogP contribution is 2.47. The Labute approximate surface area is 142 Å². The third kappa shape index (κ3) is 7.05. The van der Waals surface area contributed by atoms with Crippen molar-refractivity contribution in [2.45, 2.75) is 96.8 Å². The first-order valence-electron chi connectivity index (χ1n) is 10.1. The van der Waals surface area contributed by atoms with Gasteiger partial charge < -0.3 is 0 Å². The zero-order valence-corrected chi connectivity index (χ0v) is 15.1. The first kappa shape index (κ1) is 18.5. The van der Waals surface area contributed by atoms with Crippen LogP contribution in [0.15, 0.2) is 5.10 Å². The first-order chi connectivity index (χ1) is 11.3. The van der Waals surface area contributed by atoms with Crippen LogP contribution in [0, 0.1) is 17.8 Å². The fourth-order valence-electron chi connectivity index (χ4n) is 4.33. The molecule has 2 aliphatic rings. The van der Waals surface area contributed by atoms with Crippen LogP contribution in [0.4, 0.5) is 0 Å². The fraction of sp³-hybridized carbons (Fsp3) is 0.900. The number of nitrogens with zero attached hydrogens (tertiary/aromatic N) is 1. The van der Waals surface area contributed by atoms with E-state index in [0.717, 1.165) is 18.3 Å². The normalized spacial score (nSPS) is 26.2. The van der Waals surface area contributed by atoms with Crippen LogP contribution in [-0.2, 0) is 4.79 Å². The van der Waals surface area contributed by atoms with E-state index in [0.29, 0.717) is 12.3 Å². The van der Waals surface area contributed by atoms with Crippen LogP contribution in [-0.4, -0.2) is 12.1 Å². The molecule has 2 aliphatic carbocycles. The van der Waals surface area contributed by atoms with Gasteiger partial charge in [-0.05, 0) is 43.4 Å². The van der Waals surface area contributed by atoms with Gasteiger partial charge in [-0.2, -0.15) is 5.10 Å². The lowest BCUT2D eigenvalue weighted by atomic mass is 9.90. The second-order valence-corrected chi connectivity index (χ2v) is 7.73. The Hall–Kier alpha value is -0.860. The summed E-state index contributed by atoms with van der Waals surface area (Å²) in [5.41, 5.74) is 2.72. The molecule has 1 amide bonds. The zero-order chi connectivity index (χ0) is 16.3. The van der Waals surface area contributed by atoms with Crippen molar-refractivity contribution in [1.82, 2.24) is 5.43 Å². The largest absolute Gasteiger partial charge is 0.273 e. The van der Waals surface area contributed by atoms with Gasteiger partial charge in [0.25, 0.3) is 0 Å². The van der Waals surface area contributed by atoms with E-state index in [1.807, 2.05) is 6.21 Å². The summed E-state index contributed by atoms with van der Waals surface area (Å²) in [6.45, 7) is 2.26. The third-order valence-corrected chi connectivity index (χ3v) is 5.76. The molecule has 2 bridgehead atoms. The quantitative estimate of drug-likeness (QED) is 0.290. The summed E-state index contributed by atoms with van der Waals surface area (Å²) in [4.78, 5) is 11.8. The Balaban J connectivity index is 1.40. The molecule has 3 atom stereocenters. The Morgan fingerprint density at radius 3 is 2.30 bits per heavy atom. The molecule has 0 spiro atoms. The van der Waals surface area contributed by atoms with Gasteiger partial charge in [0, 0.05) is 12.6 Å². The van der Waals surface area contributed by atoms with Crippen LogP contribution in [0.1, 0.15) is 96.8 Å². The van der Waals surface area contributed by atoms with Gasteiger partial charge in [0.2, 0.25) is 5.91 Å². The maximum Gasteiger partial charge on any atom is 0.240 e. The van der Waals surface area contributed by atoms with Gasteiger partial charge in [-0.25, -0.2) is 5.43 Å². The Morgan fingerprint density at radius 1 is 1.00 bits per heavy atom. The van der Waals surface area contributed by atoms with Crippen molar-refractivity contribution >= 4 is 12.1 Å². The molecular formula is C20H36N2O. The highest BCUT2D eigenvalue weighted by atomic mass is 16.2. The molecule has 2 fully saturated rings. The van der Waals surface area contributed by atoms with Crippen molar-refractivity contribution in [3.05, 3.63) is 0 Å². The molecule has 0 radical (unpaired) electrons. The van der Waals surface area contributed by atoms with Gasteiger partial charge in [-0.3, -0.25) is 4.79 Å². The smallest absolute Gasteiger partial charge is 0.240 e. The zero-order valence-electron chi connectivity index (χ0n) is 15.1. The summed E-state index contributed by atoms with van der Waals surface area (Å²) < 4.78 is 0. The van der Waals surface area contributed by atoms with Crippen LogP contribution >= 0.6 is 0 Å². The molecule has 3 unspecified atom stereocenters. The van der Waals surface area contributed by atoms with Crippen molar-refractivity contribution in [3.63, 3.8) is 0 Å². The molecule has 0 aromatic rings. The van der Waals surface area contributed by atoms with E-state index in [4.69, 9.17) is 0 Å². The number of hydrazone groups is 1. The second-order valence-electron chi connectivity index (χ2n) is 7.73. The van der Waals surface area contributed by atoms with Gasteiger partial charge in [0.15, 0.2) is 0 Å². The Kier molecular flexibility index (Phi) is 8.70. The van der Waals surface area contributed by atoms with E-state index >= 15 is 0 Å². The lowest BCUT2D eigenvalue weighted by Crippen LogP contribution is -2.19. The molecule has 2 rings (SSSR count). The SMILES string of the molecule is CCCCCCCCCCCC(=O)N/N=C/C1CC2CCC1C2. The predicted octanol–water partition coefficient (Wildman–Crippen LogP) is 5.45. The molecule has 0 aromatic carbocycles. The number of carbonyl (C=O) groups is 1. The number of carbonyl (C=O) groups excluding carboxylic acids is 1. The predicted molar refractivity (Wildman–Crippen MR) is 97.4 cm³/mol. The molecule has 3 heteroatoms. The van der Waals surface area contributed by atoms with Crippen LogP contribution in [0.2, 0.25) is 0 Å². The fourth-order valence-corrected chi connectivity index (χ4v) is 4.33. The van der Waals surface area contributed by atoms with Crippen molar-refractivity contribution in [2.24, 2.45) is 22.9 Å². The number of hydrogen-bond donors (Lipinski definition) is 1. The number of unbranched alkanes of at least 4 members (excludes halogenated alkanes) is 8. The molecule has 132 valence electrons. The summed E-state index contributed by atoms with van der Waals surface area (Å²) in [6, 6.07) is 0. The van der Waals surface area contributed by atoms with Crippen LogP contribution in [0.3, 0.4) is 0 Å². The van der Waals surface area contributed by atoms with Crippen molar-refractivity contribution in [1.29, 1.82) is 0 Å². The average molecular weight is 321 g/mol. The van der Waals surface area contributed by atoms with Crippen molar-refractivity contribution < 1.29 is 4.79 Å². The minimum Gasteiger partial charge on any atom is -0.273 e. The first-order valence-corrected chi connectivity index (χ1v) is 10.1. The summed E-state index contributed by atoms with van der Waals surface area (Å²) in [7, 11) is 0. The van der Waals surface area contributed by atoms with E-state index in [1.165, 1.54) is 77.0 Å². The van der Waals surface area contributed by atoms with Crippen molar-refractivity contribution in [3.8, 4) is 0 Å². The van der Waals surface area contributed by atoms with Crippen LogP contribution in [0.25, 0.3) is 0 Å². The van der Waals surface area contributed by atoms with Crippen LogP contribution < -0.4 is 5.43 Å².